The minimum atomic E-state index is -1.08. The fraction of sp³-hybridized carbons (Fsp3) is 0.400. The lowest BCUT2D eigenvalue weighted by Crippen LogP contribution is -2.47. The van der Waals surface area contributed by atoms with Crippen molar-refractivity contribution in [3.8, 4) is 0 Å². The zero-order chi connectivity index (χ0) is 24.5. The number of rotatable bonds is 13. The summed E-state index contributed by atoms with van der Waals surface area (Å²) in [7, 11) is 0. The van der Waals surface area contributed by atoms with Gasteiger partial charge in [0.15, 0.2) is 0 Å². The van der Waals surface area contributed by atoms with E-state index in [2.05, 4.69) is 0 Å². The zero-order valence-electron chi connectivity index (χ0n) is 19.2. The van der Waals surface area contributed by atoms with Crippen LogP contribution in [0.25, 0.3) is 0 Å². The molecule has 1 aliphatic heterocycles. The molecule has 2 aromatic rings. The first-order valence-electron chi connectivity index (χ1n) is 11.3. The van der Waals surface area contributed by atoms with Gasteiger partial charge >= 0.3 is 5.97 Å². The maximum Gasteiger partial charge on any atom is 0.329 e. The molecule has 0 fully saturated rings. The van der Waals surface area contributed by atoms with Gasteiger partial charge in [-0.15, -0.1) is 0 Å². The summed E-state index contributed by atoms with van der Waals surface area (Å²) in [6.45, 7) is 3.29. The van der Waals surface area contributed by atoms with Gasteiger partial charge in [0, 0.05) is 25.2 Å². The quantitative estimate of drug-likeness (QED) is 0.255. The van der Waals surface area contributed by atoms with Crippen LogP contribution in [-0.2, 0) is 20.7 Å². The minimum absolute atomic E-state index is 0.0353. The standard InChI is InChI=1S/C25H30N2O7/c1-2-34-25(32)22(27-23(30)20-5-3-4-6-21(20)24(27)31)17-18-7-9-19(10-8-18)26(11-13-28)12-15-33-16-14-29/h3-10,22,28-29H,2,11-17H2,1H3/t22-/m0/s1. The molecule has 2 aromatic carbocycles. The van der Waals surface area contributed by atoms with Gasteiger partial charge in [-0.25, -0.2) is 4.79 Å². The van der Waals surface area contributed by atoms with Crippen molar-refractivity contribution in [1.29, 1.82) is 0 Å². The van der Waals surface area contributed by atoms with Crippen molar-refractivity contribution < 1.29 is 34.1 Å². The third kappa shape index (κ3) is 5.80. The number of nitrogens with zero attached hydrogens (tertiary/aromatic N) is 2. The van der Waals surface area contributed by atoms with Crippen LogP contribution >= 0.6 is 0 Å². The maximum atomic E-state index is 12.9. The highest BCUT2D eigenvalue weighted by Crippen LogP contribution is 2.27. The second-order valence-corrected chi connectivity index (χ2v) is 7.71. The van der Waals surface area contributed by atoms with Crippen LogP contribution in [0.4, 0.5) is 5.69 Å². The van der Waals surface area contributed by atoms with Crippen LogP contribution in [0.15, 0.2) is 48.5 Å². The van der Waals surface area contributed by atoms with Gasteiger partial charge in [0.05, 0.1) is 44.2 Å². The van der Waals surface area contributed by atoms with E-state index < -0.39 is 23.8 Å². The fourth-order valence-electron chi connectivity index (χ4n) is 3.91. The molecule has 0 saturated heterocycles. The van der Waals surface area contributed by atoms with Crippen LogP contribution < -0.4 is 4.90 Å². The molecule has 9 heteroatoms. The highest BCUT2D eigenvalue weighted by Gasteiger charge is 2.43. The first-order valence-corrected chi connectivity index (χ1v) is 11.3. The Kier molecular flexibility index (Phi) is 9.15. The van der Waals surface area contributed by atoms with Gasteiger partial charge in [0.1, 0.15) is 6.04 Å². The van der Waals surface area contributed by atoms with Crippen LogP contribution in [0, 0.1) is 0 Å². The summed E-state index contributed by atoms with van der Waals surface area (Å²) in [6, 6.07) is 12.8. The monoisotopic (exact) mass is 470 g/mol. The molecular weight excluding hydrogens is 440 g/mol. The minimum Gasteiger partial charge on any atom is -0.464 e. The second kappa shape index (κ2) is 12.3. The van der Waals surface area contributed by atoms with Gasteiger partial charge in [-0.3, -0.25) is 14.5 Å². The molecule has 2 N–H and O–H groups in total. The molecule has 0 aromatic heterocycles. The van der Waals surface area contributed by atoms with Crippen molar-refractivity contribution in [1.82, 2.24) is 4.90 Å². The summed E-state index contributed by atoms with van der Waals surface area (Å²) in [5.74, 6) is -1.65. The summed E-state index contributed by atoms with van der Waals surface area (Å²) in [5.41, 5.74) is 2.15. The molecule has 0 unspecified atom stereocenters. The van der Waals surface area contributed by atoms with Crippen molar-refractivity contribution in [2.75, 3.05) is 51.0 Å². The zero-order valence-corrected chi connectivity index (χ0v) is 19.2. The fourth-order valence-corrected chi connectivity index (χ4v) is 3.91. The number of benzene rings is 2. The smallest absolute Gasteiger partial charge is 0.329 e. The van der Waals surface area contributed by atoms with E-state index in [0.29, 0.717) is 19.7 Å². The summed E-state index contributed by atoms with van der Waals surface area (Å²) >= 11 is 0. The Balaban J connectivity index is 1.78. The average molecular weight is 471 g/mol. The number of aliphatic hydroxyl groups excluding tert-OH is 2. The van der Waals surface area contributed by atoms with Gasteiger partial charge in [0.25, 0.3) is 11.8 Å². The van der Waals surface area contributed by atoms with E-state index in [1.54, 1.807) is 31.2 Å². The molecule has 34 heavy (non-hydrogen) atoms. The van der Waals surface area contributed by atoms with Gasteiger partial charge in [-0.05, 0) is 36.8 Å². The van der Waals surface area contributed by atoms with Gasteiger partial charge < -0.3 is 24.6 Å². The second-order valence-electron chi connectivity index (χ2n) is 7.71. The van der Waals surface area contributed by atoms with E-state index in [1.807, 2.05) is 29.2 Å². The third-order valence-corrected chi connectivity index (χ3v) is 5.54. The molecule has 0 spiro atoms. The van der Waals surface area contributed by atoms with E-state index in [-0.39, 0.29) is 44.0 Å². The Labute approximate surface area is 198 Å². The lowest BCUT2D eigenvalue weighted by atomic mass is 10.0. The van der Waals surface area contributed by atoms with Crippen molar-refractivity contribution in [3.63, 3.8) is 0 Å². The van der Waals surface area contributed by atoms with E-state index in [9.17, 15) is 19.5 Å². The molecule has 182 valence electrons. The third-order valence-electron chi connectivity index (χ3n) is 5.54. The van der Waals surface area contributed by atoms with Gasteiger partial charge in [-0.1, -0.05) is 24.3 Å². The number of aliphatic hydroxyl groups is 2. The SMILES string of the molecule is CCOC(=O)[C@H](Cc1ccc(N(CCO)CCOCCO)cc1)N1C(=O)c2ccccc2C1=O. The van der Waals surface area contributed by atoms with Crippen molar-refractivity contribution in [2.24, 2.45) is 0 Å². The Bertz CT molecular complexity index is 958. The van der Waals surface area contributed by atoms with Crippen LogP contribution in [-0.4, -0.2) is 85.1 Å². The van der Waals surface area contributed by atoms with Crippen molar-refractivity contribution in [3.05, 3.63) is 65.2 Å². The average Bonchev–Trinajstić information content (AvgIpc) is 3.10. The number of amides is 2. The molecule has 0 aliphatic carbocycles. The highest BCUT2D eigenvalue weighted by molar-refractivity contribution is 6.22. The normalized spacial score (nSPS) is 13.7. The van der Waals surface area contributed by atoms with Crippen LogP contribution in [0.3, 0.4) is 0 Å². The molecule has 2 amide bonds. The summed E-state index contributed by atoms with van der Waals surface area (Å²) in [6.07, 6.45) is 0.115. The first kappa shape index (κ1) is 25.4. The van der Waals surface area contributed by atoms with Crippen molar-refractivity contribution >= 4 is 23.5 Å². The Hall–Kier alpha value is -3.27. The predicted octanol–water partition coefficient (Wildman–Crippen LogP) is 1.26. The number of esters is 1. The molecule has 1 atom stereocenters. The van der Waals surface area contributed by atoms with Crippen LogP contribution in [0.2, 0.25) is 0 Å². The molecule has 1 aliphatic rings. The number of carbonyl (C=O) groups is 3. The van der Waals surface area contributed by atoms with E-state index in [1.165, 1.54) is 0 Å². The van der Waals surface area contributed by atoms with Crippen LogP contribution in [0.5, 0.6) is 0 Å². The largest absolute Gasteiger partial charge is 0.464 e. The number of fused-ring (bicyclic) bond motifs is 1. The molecule has 0 radical (unpaired) electrons. The summed E-state index contributed by atoms with van der Waals surface area (Å²) in [4.78, 5) is 41.6. The number of imide groups is 1. The maximum absolute atomic E-state index is 12.9. The van der Waals surface area contributed by atoms with Crippen molar-refractivity contribution in [2.45, 2.75) is 19.4 Å². The Morgan fingerprint density at radius 2 is 1.59 bits per heavy atom. The van der Waals surface area contributed by atoms with E-state index >= 15 is 0 Å². The summed E-state index contributed by atoms with van der Waals surface area (Å²) in [5, 5.41) is 18.2. The van der Waals surface area contributed by atoms with Gasteiger partial charge in [-0.2, -0.15) is 0 Å². The number of anilines is 1. The van der Waals surface area contributed by atoms with E-state index in [4.69, 9.17) is 14.6 Å². The Morgan fingerprint density at radius 1 is 0.941 bits per heavy atom. The first-order chi connectivity index (χ1) is 16.5. The molecule has 1 heterocycles. The molecule has 9 nitrogen and oxygen atoms in total. The molecule has 0 bridgehead atoms. The number of carbonyl (C=O) groups excluding carboxylic acids is 3. The summed E-state index contributed by atoms with van der Waals surface area (Å²) < 4.78 is 10.5. The highest BCUT2D eigenvalue weighted by atomic mass is 16.5. The molecular formula is C25H30N2O7. The van der Waals surface area contributed by atoms with E-state index in [0.717, 1.165) is 16.2 Å². The number of hydrogen-bond donors (Lipinski definition) is 2. The molecule has 0 saturated carbocycles. The number of ether oxygens (including phenoxy) is 2. The van der Waals surface area contributed by atoms with Gasteiger partial charge in [0.2, 0.25) is 0 Å². The van der Waals surface area contributed by atoms with Crippen LogP contribution in [0.1, 0.15) is 33.2 Å². The number of hydrogen-bond acceptors (Lipinski definition) is 8. The lowest BCUT2D eigenvalue weighted by molar-refractivity contribution is -0.147. The lowest BCUT2D eigenvalue weighted by Gasteiger charge is -2.26. The molecule has 3 rings (SSSR count). The Morgan fingerprint density at radius 3 is 2.15 bits per heavy atom. The predicted molar refractivity (Wildman–Crippen MR) is 125 cm³/mol. The topological polar surface area (TPSA) is 117 Å².